The third-order valence-corrected chi connectivity index (χ3v) is 2.76. The van der Waals surface area contributed by atoms with Crippen molar-refractivity contribution in [1.29, 1.82) is 0 Å². The Balaban J connectivity index is 1.64. The number of rotatable bonds is 5. The molecule has 0 saturated carbocycles. The minimum Gasteiger partial charge on any atom is -0.492 e. The van der Waals surface area contributed by atoms with E-state index in [0.29, 0.717) is 17.7 Å². The molecule has 0 bridgehead atoms. The van der Waals surface area contributed by atoms with Crippen molar-refractivity contribution in [3.05, 3.63) is 29.3 Å². The van der Waals surface area contributed by atoms with E-state index in [1.807, 2.05) is 24.3 Å². The molecule has 0 radical (unpaired) electrons. The largest absolute Gasteiger partial charge is 0.492 e. The van der Waals surface area contributed by atoms with Crippen molar-refractivity contribution < 1.29 is 9.47 Å². The maximum atomic E-state index is 5.85. The van der Waals surface area contributed by atoms with Crippen LogP contribution in [0.25, 0.3) is 0 Å². The van der Waals surface area contributed by atoms with Crippen LogP contribution in [0.15, 0.2) is 24.3 Å². The Morgan fingerprint density at radius 1 is 1.50 bits per heavy atom. The van der Waals surface area contributed by atoms with Gasteiger partial charge in [0.1, 0.15) is 12.4 Å². The third-order valence-electron chi connectivity index (χ3n) is 2.53. The van der Waals surface area contributed by atoms with Crippen LogP contribution in [0.4, 0.5) is 0 Å². The van der Waals surface area contributed by atoms with E-state index in [9.17, 15) is 0 Å². The van der Waals surface area contributed by atoms with Gasteiger partial charge in [-0.1, -0.05) is 17.7 Å². The molecule has 2 rings (SSSR count). The summed E-state index contributed by atoms with van der Waals surface area (Å²) < 4.78 is 10.8. The molecule has 88 valence electrons. The normalized spacial score (nSPS) is 19.9. The summed E-state index contributed by atoms with van der Waals surface area (Å²) in [5.74, 6) is 0.817. The van der Waals surface area contributed by atoms with Gasteiger partial charge >= 0.3 is 0 Å². The fraction of sp³-hybridized carbons (Fsp3) is 0.500. The van der Waals surface area contributed by atoms with Gasteiger partial charge in [0, 0.05) is 24.2 Å². The second kappa shape index (κ2) is 6.09. The van der Waals surface area contributed by atoms with Gasteiger partial charge < -0.3 is 14.8 Å². The lowest BCUT2D eigenvalue weighted by molar-refractivity contribution is 0.188. The lowest BCUT2D eigenvalue weighted by Crippen LogP contribution is -2.32. The zero-order valence-electron chi connectivity index (χ0n) is 9.12. The molecule has 0 aliphatic carbocycles. The van der Waals surface area contributed by atoms with E-state index in [1.165, 1.54) is 0 Å². The molecule has 0 spiro atoms. The molecule has 1 unspecified atom stereocenters. The van der Waals surface area contributed by atoms with E-state index < -0.39 is 0 Å². The molecule has 1 aromatic rings. The first kappa shape index (κ1) is 11.7. The van der Waals surface area contributed by atoms with E-state index in [4.69, 9.17) is 21.1 Å². The van der Waals surface area contributed by atoms with Crippen molar-refractivity contribution in [3.8, 4) is 5.75 Å². The quantitative estimate of drug-likeness (QED) is 0.801. The highest BCUT2D eigenvalue weighted by atomic mass is 35.5. The van der Waals surface area contributed by atoms with Gasteiger partial charge in [-0.25, -0.2) is 0 Å². The van der Waals surface area contributed by atoms with Crippen molar-refractivity contribution >= 4 is 11.6 Å². The Hall–Kier alpha value is -0.770. The fourth-order valence-electron chi connectivity index (χ4n) is 1.68. The Morgan fingerprint density at radius 2 is 2.44 bits per heavy atom. The highest BCUT2D eigenvalue weighted by Crippen LogP contribution is 2.16. The van der Waals surface area contributed by atoms with Gasteiger partial charge in [-0.05, 0) is 24.6 Å². The van der Waals surface area contributed by atoms with Crippen LogP contribution in [0, 0.1) is 0 Å². The molecular weight excluding hydrogens is 226 g/mol. The predicted molar refractivity (Wildman–Crippen MR) is 64.2 cm³/mol. The minimum atomic E-state index is 0.489. The van der Waals surface area contributed by atoms with Gasteiger partial charge in [-0.3, -0.25) is 0 Å². The van der Waals surface area contributed by atoms with Crippen LogP contribution < -0.4 is 10.1 Å². The van der Waals surface area contributed by atoms with E-state index in [1.54, 1.807) is 0 Å². The smallest absolute Gasteiger partial charge is 0.120 e. The Kier molecular flexibility index (Phi) is 4.45. The number of nitrogens with one attached hydrogen (secondary N) is 1. The van der Waals surface area contributed by atoms with E-state index in [2.05, 4.69) is 5.32 Å². The van der Waals surface area contributed by atoms with Crippen LogP contribution in [0.2, 0.25) is 5.02 Å². The van der Waals surface area contributed by atoms with E-state index in [0.717, 1.165) is 31.9 Å². The van der Waals surface area contributed by atoms with Gasteiger partial charge in [0.15, 0.2) is 0 Å². The number of ether oxygens (including phenoxy) is 2. The molecule has 1 saturated heterocycles. The first-order valence-electron chi connectivity index (χ1n) is 5.54. The second-order valence-electron chi connectivity index (χ2n) is 3.82. The monoisotopic (exact) mass is 241 g/mol. The highest BCUT2D eigenvalue weighted by Gasteiger charge is 2.13. The number of hydrogen-bond acceptors (Lipinski definition) is 3. The maximum absolute atomic E-state index is 5.85. The molecule has 1 aliphatic heterocycles. The fourth-order valence-corrected chi connectivity index (χ4v) is 1.86. The highest BCUT2D eigenvalue weighted by molar-refractivity contribution is 6.30. The number of halogens is 1. The molecule has 1 aliphatic rings. The van der Waals surface area contributed by atoms with Gasteiger partial charge in [0.05, 0.1) is 6.61 Å². The molecule has 1 heterocycles. The summed E-state index contributed by atoms with van der Waals surface area (Å²) in [6, 6.07) is 7.94. The average molecular weight is 242 g/mol. The minimum absolute atomic E-state index is 0.489. The molecule has 3 nitrogen and oxygen atoms in total. The van der Waals surface area contributed by atoms with Crippen LogP contribution >= 0.6 is 11.6 Å². The summed E-state index contributed by atoms with van der Waals surface area (Å²) in [4.78, 5) is 0. The summed E-state index contributed by atoms with van der Waals surface area (Å²) in [5.41, 5.74) is 0. The maximum Gasteiger partial charge on any atom is 0.120 e. The molecular formula is C12H16ClNO2. The summed E-state index contributed by atoms with van der Waals surface area (Å²) in [6.07, 6.45) is 1.09. The Labute approximate surface area is 101 Å². The molecule has 1 aromatic carbocycles. The molecule has 0 amide bonds. The summed E-state index contributed by atoms with van der Waals surface area (Å²) in [6.45, 7) is 3.17. The van der Waals surface area contributed by atoms with Crippen molar-refractivity contribution in [2.75, 3.05) is 26.4 Å². The molecule has 0 aromatic heterocycles. The van der Waals surface area contributed by atoms with Crippen LogP contribution in [-0.4, -0.2) is 32.4 Å². The van der Waals surface area contributed by atoms with Crippen LogP contribution in [-0.2, 0) is 4.74 Å². The van der Waals surface area contributed by atoms with Crippen molar-refractivity contribution in [1.82, 2.24) is 5.32 Å². The SMILES string of the molecule is Clc1cccc(OCCNC2CCOC2)c1. The zero-order chi connectivity index (χ0) is 11.2. The zero-order valence-corrected chi connectivity index (χ0v) is 9.87. The second-order valence-corrected chi connectivity index (χ2v) is 4.26. The van der Waals surface area contributed by atoms with Gasteiger partial charge in [0.2, 0.25) is 0 Å². The third kappa shape index (κ3) is 3.67. The van der Waals surface area contributed by atoms with Gasteiger partial charge in [-0.15, -0.1) is 0 Å². The molecule has 1 fully saturated rings. The Bertz CT molecular complexity index is 327. The summed E-state index contributed by atoms with van der Waals surface area (Å²) in [5, 5.41) is 4.09. The molecule has 1 atom stereocenters. The lowest BCUT2D eigenvalue weighted by Gasteiger charge is -2.11. The topological polar surface area (TPSA) is 30.5 Å². The van der Waals surface area contributed by atoms with Crippen molar-refractivity contribution in [2.45, 2.75) is 12.5 Å². The van der Waals surface area contributed by atoms with Gasteiger partial charge in [0.25, 0.3) is 0 Å². The first-order chi connectivity index (χ1) is 7.84. The van der Waals surface area contributed by atoms with Crippen LogP contribution in [0.5, 0.6) is 5.75 Å². The van der Waals surface area contributed by atoms with E-state index in [-0.39, 0.29) is 0 Å². The first-order valence-corrected chi connectivity index (χ1v) is 5.92. The average Bonchev–Trinajstić information content (AvgIpc) is 2.77. The van der Waals surface area contributed by atoms with Gasteiger partial charge in [-0.2, -0.15) is 0 Å². The number of benzene rings is 1. The molecule has 16 heavy (non-hydrogen) atoms. The molecule has 1 N–H and O–H groups in total. The van der Waals surface area contributed by atoms with E-state index >= 15 is 0 Å². The summed E-state index contributed by atoms with van der Waals surface area (Å²) in [7, 11) is 0. The van der Waals surface area contributed by atoms with Crippen LogP contribution in [0.3, 0.4) is 0 Å². The van der Waals surface area contributed by atoms with Crippen LogP contribution in [0.1, 0.15) is 6.42 Å². The summed E-state index contributed by atoms with van der Waals surface area (Å²) >= 11 is 5.85. The van der Waals surface area contributed by atoms with Crippen molar-refractivity contribution in [3.63, 3.8) is 0 Å². The molecule has 4 heteroatoms. The standard InChI is InChI=1S/C12H16ClNO2/c13-10-2-1-3-12(8-10)16-7-5-14-11-4-6-15-9-11/h1-3,8,11,14H,4-7,9H2. The van der Waals surface area contributed by atoms with Crippen molar-refractivity contribution in [2.24, 2.45) is 0 Å². The number of hydrogen-bond donors (Lipinski definition) is 1. The predicted octanol–water partition coefficient (Wildman–Crippen LogP) is 2.10. The lowest BCUT2D eigenvalue weighted by atomic mass is 10.3. The Morgan fingerprint density at radius 3 is 3.19 bits per heavy atom.